The van der Waals surface area contributed by atoms with Gasteiger partial charge in [0, 0.05) is 6.61 Å². The fourth-order valence-corrected chi connectivity index (χ4v) is 1.60. The zero-order chi connectivity index (χ0) is 13.9. The molecular formula is C15H23NO3. The van der Waals surface area contributed by atoms with Gasteiger partial charge in [-0.3, -0.25) is 0 Å². The number of hydrogen-bond donors (Lipinski definition) is 1. The summed E-state index contributed by atoms with van der Waals surface area (Å²) in [5.41, 5.74) is 7.16. The molecule has 19 heavy (non-hydrogen) atoms. The van der Waals surface area contributed by atoms with Gasteiger partial charge in [-0.15, -0.1) is 0 Å². The molecule has 0 heterocycles. The first-order valence-electron chi connectivity index (χ1n) is 6.81. The zero-order valence-corrected chi connectivity index (χ0v) is 11.6. The number of unbranched alkanes of at least 4 members (excludes halogenated alkanes) is 1. The van der Waals surface area contributed by atoms with Crippen LogP contribution in [0.4, 0.5) is 0 Å². The average Bonchev–Trinajstić information content (AvgIpc) is 2.43. The van der Waals surface area contributed by atoms with Gasteiger partial charge < -0.3 is 15.2 Å². The van der Waals surface area contributed by atoms with Gasteiger partial charge in [0.25, 0.3) is 0 Å². The van der Waals surface area contributed by atoms with E-state index in [0.29, 0.717) is 25.3 Å². The van der Waals surface area contributed by atoms with Gasteiger partial charge in [0.05, 0.1) is 12.2 Å². The van der Waals surface area contributed by atoms with Crippen molar-refractivity contribution in [1.82, 2.24) is 0 Å². The van der Waals surface area contributed by atoms with Gasteiger partial charge >= 0.3 is 5.97 Å². The third kappa shape index (κ3) is 6.36. The number of carbonyl (C=O) groups excluding carboxylic acids is 1. The summed E-state index contributed by atoms with van der Waals surface area (Å²) in [5, 5.41) is 0. The predicted molar refractivity (Wildman–Crippen MR) is 75.2 cm³/mol. The second kappa shape index (κ2) is 9.53. The molecule has 0 aliphatic carbocycles. The van der Waals surface area contributed by atoms with Crippen LogP contribution < -0.4 is 5.73 Å². The molecule has 0 amide bonds. The highest BCUT2D eigenvalue weighted by Gasteiger charge is 2.06. The highest BCUT2D eigenvalue weighted by atomic mass is 16.6. The van der Waals surface area contributed by atoms with Crippen LogP contribution in [0.5, 0.6) is 0 Å². The first-order chi connectivity index (χ1) is 9.27. The van der Waals surface area contributed by atoms with Crippen LogP contribution in [0.25, 0.3) is 0 Å². The number of carbonyl (C=O) groups is 1. The number of rotatable bonds is 9. The lowest BCUT2D eigenvalue weighted by Crippen LogP contribution is -2.11. The number of hydrogen-bond acceptors (Lipinski definition) is 4. The Labute approximate surface area is 114 Å². The number of benzene rings is 1. The Morgan fingerprint density at radius 3 is 2.53 bits per heavy atom. The molecule has 1 rings (SSSR count). The monoisotopic (exact) mass is 265 g/mol. The third-order valence-corrected chi connectivity index (χ3v) is 2.73. The largest absolute Gasteiger partial charge is 0.460 e. The van der Waals surface area contributed by atoms with Crippen LogP contribution >= 0.6 is 0 Å². The lowest BCUT2D eigenvalue weighted by molar-refractivity contribution is 0.0314. The van der Waals surface area contributed by atoms with E-state index in [4.69, 9.17) is 15.2 Å². The van der Waals surface area contributed by atoms with Crippen molar-refractivity contribution in [3.8, 4) is 0 Å². The van der Waals surface area contributed by atoms with E-state index < -0.39 is 0 Å². The summed E-state index contributed by atoms with van der Waals surface area (Å²) >= 11 is 0. The molecule has 0 aliphatic heterocycles. The van der Waals surface area contributed by atoms with Crippen LogP contribution in [-0.2, 0) is 15.9 Å². The Bertz CT molecular complexity index is 362. The molecule has 0 aliphatic rings. The Kier molecular flexibility index (Phi) is 7.86. The molecule has 1 aromatic carbocycles. The Morgan fingerprint density at radius 1 is 1.16 bits per heavy atom. The standard InChI is InChI=1S/C15H23NO3/c1-2-3-10-18-11-12-19-15(17)14-6-4-13(5-7-14)8-9-16/h4-7H,2-3,8-12,16H2,1H3. The van der Waals surface area contributed by atoms with E-state index in [9.17, 15) is 4.79 Å². The first kappa shape index (κ1) is 15.7. The highest BCUT2D eigenvalue weighted by Crippen LogP contribution is 2.06. The van der Waals surface area contributed by atoms with Gasteiger partial charge in [-0.2, -0.15) is 0 Å². The molecule has 106 valence electrons. The quantitative estimate of drug-likeness (QED) is 0.549. The molecule has 0 atom stereocenters. The van der Waals surface area contributed by atoms with Crippen LogP contribution in [-0.4, -0.2) is 32.3 Å². The zero-order valence-electron chi connectivity index (χ0n) is 11.6. The molecule has 0 spiro atoms. The van der Waals surface area contributed by atoms with Crippen LogP contribution in [0.3, 0.4) is 0 Å². The topological polar surface area (TPSA) is 61.5 Å². The normalized spacial score (nSPS) is 10.4. The van der Waals surface area contributed by atoms with E-state index in [1.54, 1.807) is 12.1 Å². The molecule has 0 fully saturated rings. The molecular weight excluding hydrogens is 242 g/mol. The van der Waals surface area contributed by atoms with Crippen molar-refractivity contribution in [3.05, 3.63) is 35.4 Å². The SMILES string of the molecule is CCCCOCCOC(=O)c1ccc(CCN)cc1. The number of esters is 1. The maximum absolute atomic E-state index is 11.7. The number of ether oxygens (including phenoxy) is 2. The Balaban J connectivity index is 2.25. The minimum Gasteiger partial charge on any atom is -0.460 e. The summed E-state index contributed by atoms with van der Waals surface area (Å²) in [7, 11) is 0. The fraction of sp³-hybridized carbons (Fsp3) is 0.533. The van der Waals surface area contributed by atoms with Gasteiger partial charge in [-0.25, -0.2) is 4.79 Å². The molecule has 0 bridgehead atoms. The summed E-state index contributed by atoms with van der Waals surface area (Å²) in [5.74, 6) is -0.307. The molecule has 0 saturated carbocycles. The molecule has 4 heteroatoms. The van der Waals surface area contributed by atoms with Crippen molar-refractivity contribution >= 4 is 5.97 Å². The predicted octanol–water partition coefficient (Wildman–Crippen LogP) is 2.16. The van der Waals surface area contributed by atoms with Gasteiger partial charge in [0.15, 0.2) is 0 Å². The highest BCUT2D eigenvalue weighted by molar-refractivity contribution is 5.89. The van der Waals surface area contributed by atoms with Crippen LogP contribution in [0, 0.1) is 0 Å². The van der Waals surface area contributed by atoms with Crippen LogP contribution in [0.2, 0.25) is 0 Å². The molecule has 4 nitrogen and oxygen atoms in total. The second-order valence-electron chi connectivity index (χ2n) is 4.34. The molecule has 2 N–H and O–H groups in total. The summed E-state index contributed by atoms with van der Waals surface area (Å²) in [6, 6.07) is 7.35. The number of nitrogens with two attached hydrogens (primary N) is 1. The molecule has 0 radical (unpaired) electrons. The van der Waals surface area contributed by atoms with Crippen LogP contribution in [0.15, 0.2) is 24.3 Å². The molecule has 0 unspecified atom stereocenters. The molecule has 0 aromatic heterocycles. The van der Waals surface area contributed by atoms with Gasteiger partial charge in [0.1, 0.15) is 6.61 Å². The van der Waals surface area contributed by atoms with Gasteiger partial charge in [-0.05, 0) is 37.1 Å². The first-order valence-corrected chi connectivity index (χ1v) is 6.81. The third-order valence-electron chi connectivity index (χ3n) is 2.73. The summed E-state index contributed by atoms with van der Waals surface area (Å²) in [4.78, 5) is 11.7. The van der Waals surface area contributed by atoms with E-state index in [-0.39, 0.29) is 5.97 Å². The van der Waals surface area contributed by atoms with E-state index in [0.717, 1.165) is 31.4 Å². The van der Waals surface area contributed by atoms with Crippen LogP contribution in [0.1, 0.15) is 35.7 Å². The van der Waals surface area contributed by atoms with Gasteiger partial charge in [-0.1, -0.05) is 25.5 Å². The molecule has 0 saturated heterocycles. The fourth-order valence-electron chi connectivity index (χ4n) is 1.60. The maximum Gasteiger partial charge on any atom is 0.338 e. The minimum absolute atomic E-state index is 0.299. The Morgan fingerprint density at radius 2 is 1.89 bits per heavy atom. The minimum atomic E-state index is -0.307. The smallest absolute Gasteiger partial charge is 0.338 e. The molecule has 1 aromatic rings. The second-order valence-corrected chi connectivity index (χ2v) is 4.34. The van der Waals surface area contributed by atoms with E-state index in [1.807, 2.05) is 12.1 Å². The van der Waals surface area contributed by atoms with Crippen molar-refractivity contribution in [2.24, 2.45) is 5.73 Å². The Hall–Kier alpha value is -1.39. The van der Waals surface area contributed by atoms with E-state index in [1.165, 1.54) is 0 Å². The average molecular weight is 265 g/mol. The maximum atomic E-state index is 11.7. The van der Waals surface area contributed by atoms with E-state index >= 15 is 0 Å². The summed E-state index contributed by atoms with van der Waals surface area (Å²) in [6.45, 7) is 4.20. The van der Waals surface area contributed by atoms with Crippen molar-refractivity contribution in [3.63, 3.8) is 0 Å². The van der Waals surface area contributed by atoms with E-state index in [2.05, 4.69) is 6.92 Å². The van der Waals surface area contributed by atoms with Crippen molar-refractivity contribution in [2.45, 2.75) is 26.2 Å². The lowest BCUT2D eigenvalue weighted by atomic mass is 10.1. The summed E-state index contributed by atoms with van der Waals surface area (Å²) in [6.07, 6.45) is 2.96. The van der Waals surface area contributed by atoms with Crippen molar-refractivity contribution in [2.75, 3.05) is 26.4 Å². The van der Waals surface area contributed by atoms with Crippen molar-refractivity contribution < 1.29 is 14.3 Å². The van der Waals surface area contributed by atoms with Crippen molar-refractivity contribution in [1.29, 1.82) is 0 Å². The summed E-state index contributed by atoms with van der Waals surface area (Å²) < 4.78 is 10.4. The van der Waals surface area contributed by atoms with Gasteiger partial charge in [0.2, 0.25) is 0 Å². The lowest BCUT2D eigenvalue weighted by Gasteiger charge is -2.06.